The quantitative estimate of drug-likeness (QED) is 0.596. The second kappa shape index (κ2) is 6.60. The standard InChI is InChI=1S/C19H16N4O2/c24-19(22-8-7-14-12-20-9-10-21-14)23-13-5-6-16-15-3-1-2-4-17(15)25-18(16)11-13/h1-6,9-12H,7-8H2,(H2,22,23,24). The van der Waals surface area contributed by atoms with Crippen molar-refractivity contribution in [2.75, 3.05) is 11.9 Å². The van der Waals surface area contributed by atoms with Crippen LogP contribution >= 0.6 is 0 Å². The van der Waals surface area contributed by atoms with Crippen molar-refractivity contribution in [3.8, 4) is 0 Å². The number of para-hydroxylation sites is 1. The molecule has 2 N–H and O–H groups in total. The average molecular weight is 332 g/mol. The Morgan fingerprint density at radius 2 is 1.92 bits per heavy atom. The van der Waals surface area contributed by atoms with Crippen molar-refractivity contribution in [2.24, 2.45) is 0 Å². The number of nitrogens with one attached hydrogen (secondary N) is 2. The van der Waals surface area contributed by atoms with E-state index in [4.69, 9.17) is 4.42 Å². The Morgan fingerprint density at radius 3 is 2.80 bits per heavy atom. The minimum Gasteiger partial charge on any atom is -0.456 e. The molecule has 0 aliphatic carbocycles. The molecule has 0 radical (unpaired) electrons. The van der Waals surface area contributed by atoms with Gasteiger partial charge in [-0.2, -0.15) is 0 Å². The summed E-state index contributed by atoms with van der Waals surface area (Å²) in [5.74, 6) is 0. The van der Waals surface area contributed by atoms with Crippen molar-refractivity contribution >= 4 is 33.7 Å². The molecule has 2 heterocycles. The number of nitrogens with zero attached hydrogens (tertiary/aromatic N) is 2. The van der Waals surface area contributed by atoms with Gasteiger partial charge in [0.1, 0.15) is 11.2 Å². The number of carbonyl (C=O) groups excluding carboxylic acids is 1. The van der Waals surface area contributed by atoms with Gasteiger partial charge in [0.15, 0.2) is 0 Å². The van der Waals surface area contributed by atoms with E-state index in [-0.39, 0.29) is 6.03 Å². The second-order valence-corrected chi connectivity index (χ2v) is 5.64. The third-order valence-corrected chi connectivity index (χ3v) is 3.92. The van der Waals surface area contributed by atoms with E-state index in [0.29, 0.717) is 18.7 Å². The summed E-state index contributed by atoms with van der Waals surface area (Å²) in [4.78, 5) is 20.2. The molecule has 4 aromatic rings. The first-order valence-corrected chi connectivity index (χ1v) is 8.01. The number of urea groups is 1. The third-order valence-electron chi connectivity index (χ3n) is 3.92. The largest absolute Gasteiger partial charge is 0.456 e. The lowest BCUT2D eigenvalue weighted by Gasteiger charge is -2.07. The lowest BCUT2D eigenvalue weighted by molar-refractivity contribution is 0.252. The van der Waals surface area contributed by atoms with Gasteiger partial charge in [0.2, 0.25) is 0 Å². The number of rotatable bonds is 4. The van der Waals surface area contributed by atoms with Gasteiger partial charge in [-0.25, -0.2) is 4.79 Å². The number of aromatic nitrogens is 2. The molecule has 0 spiro atoms. The maximum absolute atomic E-state index is 12.0. The van der Waals surface area contributed by atoms with Crippen LogP contribution in [0.2, 0.25) is 0 Å². The molecule has 0 unspecified atom stereocenters. The Balaban J connectivity index is 1.41. The topological polar surface area (TPSA) is 80.0 Å². The molecule has 0 bridgehead atoms. The van der Waals surface area contributed by atoms with Gasteiger partial charge in [0.25, 0.3) is 0 Å². The van der Waals surface area contributed by atoms with Crippen LogP contribution in [0.1, 0.15) is 5.69 Å². The highest BCUT2D eigenvalue weighted by Crippen LogP contribution is 2.30. The molecule has 0 saturated heterocycles. The molecule has 25 heavy (non-hydrogen) atoms. The molecule has 2 amide bonds. The van der Waals surface area contributed by atoms with Crippen LogP contribution in [0, 0.1) is 0 Å². The first-order valence-electron chi connectivity index (χ1n) is 8.01. The van der Waals surface area contributed by atoms with Gasteiger partial charge >= 0.3 is 6.03 Å². The van der Waals surface area contributed by atoms with Crippen LogP contribution in [0.5, 0.6) is 0 Å². The first kappa shape index (κ1) is 15.1. The summed E-state index contributed by atoms with van der Waals surface area (Å²) in [7, 11) is 0. The molecule has 0 saturated carbocycles. The fraction of sp³-hybridized carbons (Fsp3) is 0.105. The lowest BCUT2D eigenvalue weighted by atomic mass is 10.1. The average Bonchev–Trinajstić information content (AvgIpc) is 3.00. The van der Waals surface area contributed by atoms with E-state index < -0.39 is 0 Å². The fourth-order valence-corrected chi connectivity index (χ4v) is 2.74. The van der Waals surface area contributed by atoms with Gasteiger partial charge in [0.05, 0.1) is 5.69 Å². The van der Waals surface area contributed by atoms with Crippen molar-refractivity contribution in [3.05, 3.63) is 66.7 Å². The molecule has 2 aromatic carbocycles. The monoisotopic (exact) mass is 332 g/mol. The molecule has 6 heteroatoms. The van der Waals surface area contributed by atoms with Crippen molar-refractivity contribution in [1.29, 1.82) is 0 Å². The van der Waals surface area contributed by atoms with Crippen molar-refractivity contribution < 1.29 is 9.21 Å². The molecule has 2 aromatic heterocycles. The van der Waals surface area contributed by atoms with Crippen molar-refractivity contribution in [1.82, 2.24) is 15.3 Å². The van der Waals surface area contributed by atoms with E-state index >= 15 is 0 Å². The summed E-state index contributed by atoms with van der Waals surface area (Å²) in [5, 5.41) is 7.72. The first-order chi connectivity index (χ1) is 12.3. The molecule has 6 nitrogen and oxygen atoms in total. The highest BCUT2D eigenvalue weighted by atomic mass is 16.3. The van der Waals surface area contributed by atoms with Crippen molar-refractivity contribution in [2.45, 2.75) is 6.42 Å². The number of carbonyl (C=O) groups is 1. The summed E-state index contributed by atoms with van der Waals surface area (Å²) in [5.41, 5.74) is 3.11. The smallest absolute Gasteiger partial charge is 0.319 e. The maximum Gasteiger partial charge on any atom is 0.319 e. The van der Waals surface area contributed by atoms with Gasteiger partial charge in [-0.15, -0.1) is 0 Å². The van der Waals surface area contributed by atoms with E-state index in [2.05, 4.69) is 20.6 Å². The summed E-state index contributed by atoms with van der Waals surface area (Å²) in [6.45, 7) is 0.484. The lowest BCUT2D eigenvalue weighted by Crippen LogP contribution is -2.30. The summed E-state index contributed by atoms with van der Waals surface area (Å²) in [6.07, 6.45) is 5.58. The molecule has 0 atom stereocenters. The van der Waals surface area contributed by atoms with E-state index in [9.17, 15) is 4.79 Å². The molecule has 0 aliphatic rings. The predicted molar refractivity (Wildman–Crippen MR) is 96.5 cm³/mol. The number of hydrogen-bond donors (Lipinski definition) is 2. The zero-order valence-electron chi connectivity index (χ0n) is 13.4. The summed E-state index contributed by atoms with van der Waals surface area (Å²) < 4.78 is 5.83. The summed E-state index contributed by atoms with van der Waals surface area (Å²) in [6, 6.07) is 13.3. The van der Waals surface area contributed by atoms with Crippen molar-refractivity contribution in [3.63, 3.8) is 0 Å². The van der Waals surface area contributed by atoms with Gasteiger partial charge in [-0.1, -0.05) is 18.2 Å². The van der Waals surface area contributed by atoms with Crippen LogP contribution in [0.15, 0.2) is 65.5 Å². The van der Waals surface area contributed by atoms with Gasteiger partial charge in [-0.05, 0) is 18.2 Å². The zero-order chi connectivity index (χ0) is 17.1. The minimum absolute atomic E-state index is 0.264. The molecule has 0 fully saturated rings. The predicted octanol–water partition coefficient (Wildman–Crippen LogP) is 3.74. The minimum atomic E-state index is -0.264. The number of fused-ring (bicyclic) bond motifs is 3. The highest BCUT2D eigenvalue weighted by molar-refractivity contribution is 6.06. The van der Waals surface area contributed by atoms with Gasteiger partial charge in [0, 0.05) is 54.1 Å². The normalized spacial score (nSPS) is 10.9. The Labute approximate surface area is 143 Å². The molecular formula is C19H16N4O2. The third kappa shape index (κ3) is 3.28. The molecule has 0 aliphatic heterocycles. The summed E-state index contributed by atoms with van der Waals surface area (Å²) >= 11 is 0. The number of amides is 2. The van der Waals surface area contributed by atoms with Crippen LogP contribution in [0.25, 0.3) is 21.9 Å². The SMILES string of the molecule is O=C(NCCc1cnccn1)Nc1ccc2c(c1)oc1ccccc12. The number of furan rings is 1. The molecule has 124 valence electrons. The highest BCUT2D eigenvalue weighted by Gasteiger charge is 2.08. The van der Waals surface area contributed by atoms with Crippen LogP contribution in [-0.4, -0.2) is 22.5 Å². The van der Waals surface area contributed by atoms with Crippen LogP contribution in [0.3, 0.4) is 0 Å². The molecular weight excluding hydrogens is 316 g/mol. The Bertz CT molecular complexity index is 1030. The number of anilines is 1. The second-order valence-electron chi connectivity index (χ2n) is 5.64. The number of hydrogen-bond acceptors (Lipinski definition) is 4. The van der Waals surface area contributed by atoms with E-state index in [0.717, 1.165) is 27.6 Å². The zero-order valence-corrected chi connectivity index (χ0v) is 13.4. The van der Waals surface area contributed by atoms with Gasteiger partial charge in [-0.3, -0.25) is 9.97 Å². The Morgan fingerprint density at radius 1 is 1.04 bits per heavy atom. The Kier molecular flexibility index (Phi) is 4.00. The van der Waals surface area contributed by atoms with Crippen LogP contribution in [0.4, 0.5) is 10.5 Å². The fourth-order valence-electron chi connectivity index (χ4n) is 2.74. The number of benzene rings is 2. The molecule has 4 rings (SSSR count). The van der Waals surface area contributed by atoms with E-state index in [1.54, 1.807) is 18.6 Å². The van der Waals surface area contributed by atoms with Crippen LogP contribution < -0.4 is 10.6 Å². The van der Waals surface area contributed by atoms with E-state index in [1.165, 1.54) is 0 Å². The van der Waals surface area contributed by atoms with E-state index in [1.807, 2.05) is 42.5 Å². The van der Waals surface area contributed by atoms with Gasteiger partial charge < -0.3 is 15.1 Å². The Hall–Kier alpha value is -3.41. The van der Waals surface area contributed by atoms with Crippen LogP contribution in [-0.2, 0) is 6.42 Å². The maximum atomic E-state index is 12.0.